The Morgan fingerprint density at radius 2 is 1.08 bits per heavy atom. The van der Waals surface area contributed by atoms with Crippen molar-refractivity contribution in [3.63, 3.8) is 0 Å². The van der Waals surface area contributed by atoms with Crippen molar-refractivity contribution in [2.45, 2.75) is 104 Å². The van der Waals surface area contributed by atoms with Crippen molar-refractivity contribution < 1.29 is 26.4 Å². The molecule has 4 aromatic heterocycles. The van der Waals surface area contributed by atoms with Gasteiger partial charge >= 0.3 is 0 Å². The normalized spacial score (nSPS) is 18.7. The maximum absolute atomic E-state index is 13.7. The van der Waals surface area contributed by atoms with E-state index >= 15 is 0 Å². The van der Waals surface area contributed by atoms with Crippen molar-refractivity contribution in [1.29, 1.82) is 10.5 Å². The number of aromatic nitrogens is 6. The standard InChI is InChI=1S/C25H28ClN7O3S.C20H21Cl2N5O3S.C6H9N.CH4.ClH/c1-16-14-33-23(28-24(16)31-10-8-17(13-27)15-31)12-21(29-33)22-5-3-4-9-32(22)25(34)19-11-18(26)6-7-20(19)30-37(2,35)36;1-12-11-27-18(23-19(12)22)10-16(24-27)17-5-3-4-8-26(17)20(28)14-9-13(21)6-7-15(14)25-31(2,29)30;7-5-6-3-1-2-4-6;;/h6-7,11-12,14,17,22,30H,3-5,8-10,15H2,1-2H3;6-7,9-11,17,25H,3-5,8H2,1-2H3;6H,1-4H2;1H4;1H/t17-,22-;17-;;;/m00.../s1. The van der Waals surface area contributed by atoms with Crippen LogP contribution in [0.5, 0.6) is 0 Å². The number of hydrogen-bond donors (Lipinski definition) is 2. The molecule has 7 heterocycles. The van der Waals surface area contributed by atoms with Crippen LogP contribution in [0.3, 0.4) is 0 Å². The van der Waals surface area contributed by atoms with Crippen molar-refractivity contribution >= 4 is 108 Å². The number of benzene rings is 2. The fraction of sp³-hybridized carbons (Fsp3) is 0.462. The number of carbonyl (C=O) groups excluding carboxylic acids is 2. The molecule has 0 spiro atoms. The molecule has 2 aromatic carbocycles. The highest BCUT2D eigenvalue weighted by Crippen LogP contribution is 2.37. The van der Waals surface area contributed by atoms with E-state index in [1.807, 2.05) is 32.2 Å². The average molecular weight is 1170 g/mol. The van der Waals surface area contributed by atoms with Crippen LogP contribution in [0.4, 0.5) is 17.2 Å². The van der Waals surface area contributed by atoms with Gasteiger partial charge < -0.3 is 14.7 Å². The lowest BCUT2D eigenvalue weighted by atomic mass is 9.98. The van der Waals surface area contributed by atoms with E-state index < -0.39 is 20.0 Å². The van der Waals surface area contributed by atoms with Crippen LogP contribution in [0.1, 0.15) is 133 Å². The lowest BCUT2D eigenvalue weighted by Gasteiger charge is -2.35. The smallest absolute Gasteiger partial charge is 0.256 e. The van der Waals surface area contributed by atoms with Crippen molar-refractivity contribution in [2.24, 2.45) is 11.8 Å². The summed E-state index contributed by atoms with van der Waals surface area (Å²) >= 11 is 18.5. The molecule has 3 aliphatic heterocycles. The van der Waals surface area contributed by atoms with Crippen LogP contribution in [0, 0.1) is 48.3 Å². The molecule has 4 fully saturated rings. The van der Waals surface area contributed by atoms with Gasteiger partial charge in [-0.25, -0.2) is 35.8 Å². The maximum atomic E-state index is 13.7. The average Bonchev–Trinajstić information content (AvgIpc) is 4.22. The zero-order valence-corrected chi connectivity index (χ0v) is 47.1. The van der Waals surface area contributed by atoms with Crippen LogP contribution in [-0.4, -0.2) is 106 Å². The lowest BCUT2D eigenvalue weighted by Crippen LogP contribution is -2.39. The number of carbonyl (C=O) groups is 2. The Bertz CT molecular complexity index is 3410. The van der Waals surface area contributed by atoms with E-state index in [4.69, 9.17) is 50.1 Å². The summed E-state index contributed by atoms with van der Waals surface area (Å²) in [4.78, 5) is 42.1. The third kappa shape index (κ3) is 14.8. The van der Waals surface area contributed by atoms with E-state index in [9.17, 15) is 31.7 Å². The van der Waals surface area contributed by atoms with Gasteiger partial charge in [-0.2, -0.15) is 20.7 Å². The third-order valence-corrected chi connectivity index (χ3v) is 15.7. The number of anilines is 3. The fourth-order valence-electron chi connectivity index (χ4n) is 10.0. The number of likely N-dealkylation sites (tertiary alicyclic amines) is 2. The number of nitriles is 2. The molecule has 6 aromatic rings. The number of nitrogens with zero attached hydrogens (tertiary/aromatic N) is 11. The van der Waals surface area contributed by atoms with Crippen LogP contribution < -0.4 is 14.3 Å². The topological polar surface area (TPSA) is 244 Å². The van der Waals surface area contributed by atoms with Crippen molar-refractivity contribution in [2.75, 3.05) is 53.0 Å². The van der Waals surface area contributed by atoms with Gasteiger partial charge in [0.25, 0.3) is 11.8 Å². The van der Waals surface area contributed by atoms with Crippen LogP contribution in [-0.2, 0) is 20.0 Å². The van der Waals surface area contributed by atoms with E-state index in [0.29, 0.717) is 57.7 Å². The van der Waals surface area contributed by atoms with Gasteiger partial charge in [0.05, 0.1) is 76.5 Å². The highest BCUT2D eigenvalue weighted by molar-refractivity contribution is 7.92. The Balaban J connectivity index is 0.000000218. The van der Waals surface area contributed by atoms with Gasteiger partial charge in [-0.1, -0.05) is 55.1 Å². The second-order valence-electron chi connectivity index (χ2n) is 19.5. The molecule has 3 atom stereocenters. The summed E-state index contributed by atoms with van der Waals surface area (Å²) in [5, 5.41) is 28.1. The second kappa shape index (κ2) is 25.7. The van der Waals surface area contributed by atoms with Gasteiger partial charge in [0.1, 0.15) is 11.0 Å². The zero-order chi connectivity index (χ0) is 53.8. The van der Waals surface area contributed by atoms with Gasteiger partial charge in [0, 0.05) is 77.8 Å². The van der Waals surface area contributed by atoms with E-state index in [-0.39, 0.29) is 72.2 Å². The van der Waals surface area contributed by atoms with E-state index in [1.54, 1.807) is 37.2 Å². The van der Waals surface area contributed by atoms with E-state index in [2.05, 4.69) is 36.6 Å². The van der Waals surface area contributed by atoms with E-state index in [0.717, 1.165) is 99.5 Å². The largest absolute Gasteiger partial charge is 0.355 e. The summed E-state index contributed by atoms with van der Waals surface area (Å²) in [6.45, 7) is 6.32. The summed E-state index contributed by atoms with van der Waals surface area (Å²) in [5.41, 5.74) is 5.27. The first-order valence-corrected chi connectivity index (χ1v) is 29.7. The fourth-order valence-corrected chi connectivity index (χ4v) is 11.7. The summed E-state index contributed by atoms with van der Waals surface area (Å²) in [5.74, 6) is 0.648. The Morgan fingerprint density at radius 3 is 1.52 bits per heavy atom. The molecule has 77 heavy (non-hydrogen) atoms. The predicted octanol–water partition coefficient (Wildman–Crippen LogP) is 10.6. The summed E-state index contributed by atoms with van der Waals surface area (Å²) < 4.78 is 55.6. The molecule has 2 amide bonds. The zero-order valence-electron chi connectivity index (χ0n) is 42.4. The van der Waals surface area contributed by atoms with Crippen molar-refractivity contribution in [1.82, 2.24) is 39.0 Å². The molecular formula is C52H63Cl4N13O6S2. The minimum absolute atomic E-state index is 0. The molecule has 2 N–H and O–H groups in total. The van der Waals surface area contributed by atoms with Crippen LogP contribution in [0.15, 0.2) is 60.9 Å². The summed E-state index contributed by atoms with van der Waals surface area (Å²) in [6.07, 6.45) is 16.5. The van der Waals surface area contributed by atoms with Gasteiger partial charge in [-0.05, 0) is 108 Å². The minimum Gasteiger partial charge on any atom is -0.355 e. The Labute approximate surface area is 471 Å². The van der Waals surface area contributed by atoms with Gasteiger partial charge in [-0.15, -0.1) is 12.4 Å². The van der Waals surface area contributed by atoms with Crippen LogP contribution >= 0.6 is 47.2 Å². The quantitative estimate of drug-likeness (QED) is 0.128. The number of sulfonamides is 2. The molecule has 1 aliphatic carbocycles. The van der Waals surface area contributed by atoms with Crippen LogP contribution in [0.2, 0.25) is 15.2 Å². The first-order chi connectivity index (χ1) is 35.7. The number of fused-ring (bicyclic) bond motifs is 2. The van der Waals surface area contributed by atoms with Gasteiger partial charge in [-0.3, -0.25) is 19.0 Å². The summed E-state index contributed by atoms with van der Waals surface area (Å²) in [6, 6.07) is 16.9. The summed E-state index contributed by atoms with van der Waals surface area (Å²) in [7, 11) is -7.16. The first kappa shape index (κ1) is 60.3. The monoisotopic (exact) mass is 1170 g/mol. The molecule has 0 unspecified atom stereocenters. The molecule has 4 aliphatic rings. The minimum atomic E-state index is -3.59. The molecule has 0 bridgehead atoms. The first-order valence-electron chi connectivity index (χ1n) is 24.8. The molecule has 3 saturated heterocycles. The van der Waals surface area contributed by atoms with E-state index in [1.165, 1.54) is 37.1 Å². The number of piperidine rings is 2. The van der Waals surface area contributed by atoms with Crippen molar-refractivity contribution in [3.8, 4) is 12.1 Å². The Morgan fingerprint density at radius 1 is 0.623 bits per heavy atom. The SMILES string of the molecule is C.Cc1cn2nc([C@@H]3CCCCN3C(=O)c3cc(Cl)ccc3NS(C)(=O)=O)cc2nc1Cl.Cc1cn2nc([C@@H]3CCCCN3C(=O)c3cc(Cl)ccc3NS(C)(=O)=O)cc2nc1N1CC[C@@H](C#N)C1.Cl.N#CC1CCCC1. The lowest BCUT2D eigenvalue weighted by molar-refractivity contribution is 0.0600. The number of aryl methyl sites for hydroxylation is 2. The van der Waals surface area contributed by atoms with Gasteiger partial charge in [0.2, 0.25) is 20.0 Å². The van der Waals surface area contributed by atoms with Crippen LogP contribution in [0.25, 0.3) is 11.3 Å². The molecule has 1 saturated carbocycles. The molecule has 25 heteroatoms. The second-order valence-corrected chi connectivity index (χ2v) is 24.3. The number of amides is 2. The number of halogens is 4. The highest BCUT2D eigenvalue weighted by Gasteiger charge is 2.35. The Kier molecular flexibility index (Phi) is 20.1. The van der Waals surface area contributed by atoms with Gasteiger partial charge in [0.15, 0.2) is 11.3 Å². The third-order valence-electron chi connectivity index (χ3n) is 13.6. The predicted molar refractivity (Wildman–Crippen MR) is 303 cm³/mol. The number of nitrogens with one attached hydrogen (secondary N) is 2. The molecule has 0 radical (unpaired) electrons. The Hall–Kier alpha value is -5.94. The molecular weight excluding hydrogens is 1110 g/mol. The number of rotatable bonds is 9. The highest BCUT2D eigenvalue weighted by atomic mass is 35.5. The number of hydrogen-bond acceptors (Lipinski definition) is 13. The maximum Gasteiger partial charge on any atom is 0.256 e. The molecule has 10 rings (SSSR count). The molecule has 412 valence electrons. The van der Waals surface area contributed by atoms with Crippen molar-refractivity contribution in [3.05, 3.63) is 110 Å². The molecule has 19 nitrogen and oxygen atoms in total.